The summed E-state index contributed by atoms with van der Waals surface area (Å²) < 4.78 is 25.0. The second-order valence-corrected chi connectivity index (χ2v) is 9.21. The molecule has 33 heavy (non-hydrogen) atoms. The van der Waals surface area contributed by atoms with Gasteiger partial charge in [-0.05, 0) is 45.2 Å². The lowest BCUT2D eigenvalue weighted by Gasteiger charge is -2.37. The van der Waals surface area contributed by atoms with Gasteiger partial charge in [-0.25, -0.2) is 14.2 Å². The normalized spacial score (nSPS) is 18.4. The van der Waals surface area contributed by atoms with Gasteiger partial charge in [-0.3, -0.25) is 0 Å². The Kier molecular flexibility index (Phi) is 6.91. The summed E-state index contributed by atoms with van der Waals surface area (Å²) in [6, 6.07) is 6.12. The van der Waals surface area contributed by atoms with E-state index in [0.717, 1.165) is 6.42 Å². The first-order chi connectivity index (χ1) is 15.5. The van der Waals surface area contributed by atoms with E-state index in [2.05, 4.69) is 22.2 Å². The van der Waals surface area contributed by atoms with Gasteiger partial charge in [-0.15, -0.1) is 0 Å². The third-order valence-corrected chi connectivity index (χ3v) is 5.12. The standard InChI is InChI=1S/C23H29FN6O3/c1-13-6-15(27-22(31)33-23(2,3)4)12-30(11-13)20-9-18(28-21(26)29-20)14-7-17(24)16(10-25)19(8-14)32-5/h7-9,13,15H,6,11-12H2,1-5H3,(H,27,31)(H2,26,28,29)/t13-,15-/m1/s1. The average Bonchev–Trinajstić information content (AvgIpc) is 2.70. The Hall–Kier alpha value is -3.61. The molecule has 3 N–H and O–H groups in total. The quantitative estimate of drug-likeness (QED) is 0.716. The van der Waals surface area contributed by atoms with Crippen LogP contribution >= 0.6 is 0 Å². The van der Waals surface area contributed by atoms with Crippen LogP contribution in [0.5, 0.6) is 5.75 Å². The predicted molar refractivity (Wildman–Crippen MR) is 122 cm³/mol. The number of alkyl carbamates (subject to hydrolysis) is 1. The number of hydrogen-bond donors (Lipinski definition) is 2. The van der Waals surface area contributed by atoms with Crippen molar-refractivity contribution in [1.82, 2.24) is 15.3 Å². The molecule has 0 bridgehead atoms. The van der Waals surface area contributed by atoms with Crippen LogP contribution in [-0.4, -0.2) is 47.9 Å². The molecule has 1 saturated heterocycles. The van der Waals surface area contributed by atoms with Gasteiger partial charge in [0.05, 0.1) is 18.8 Å². The van der Waals surface area contributed by atoms with E-state index in [-0.39, 0.29) is 29.2 Å². The van der Waals surface area contributed by atoms with Crippen LogP contribution in [0.1, 0.15) is 39.7 Å². The number of halogens is 1. The number of aromatic nitrogens is 2. The van der Waals surface area contributed by atoms with Crippen molar-refractivity contribution in [2.45, 2.75) is 45.8 Å². The Morgan fingerprint density at radius 3 is 2.67 bits per heavy atom. The molecule has 0 spiro atoms. The van der Waals surface area contributed by atoms with E-state index in [0.29, 0.717) is 30.2 Å². The minimum Gasteiger partial charge on any atom is -0.495 e. The SMILES string of the molecule is COc1cc(-c2cc(N3C[C@H](C)C[C@@H](NC(=O)OC(C)(C)C)C3)nc(N)n2)cc(F)c1C#N. The van der Waals surface area contributed by atoms with Crippen LogP contribution in [0, 0.1) is 23.1 Å². The molecule has 0 saturated carbocycles. The lowest BCUT2D eigenvalue weighted by Crippen LogP contribution is -2.51. The summed E-state index contributed by atoms with van der Waals surface area (Å²) >= 11 is 0. The average molecular weight is 457 g/mol. The lowest BCUT2D eigenvalue weighted by atomic mass is 9.96. The summed E-state index contributed by atoms with van der Waals surface area (Å²) in [5.41, 5.74) is 6.02. The molecule has 10 heteroatoms. The molecule has 1 aliphatic heterocycles. The zero-order chi connectivity index (χ0) is 24.3. The molecule has 1 amide bonds. The van der Waals surface area contributed by atoms with Crippen molar-refractivity contribution >= 4 is 17.9 Å². The topological polar surface area (TPSA) is 126 Å². The zero-order valence-corrected chi connectivity index (χ0v) is 19.5. The summed E-state index contributed by atoms with van der Waals surface area (Å²) in [5, 5.41) is 12.1. The van der Waals surface area contributed by atoms with Gasteiger partial charge in [0.15, 0.2) is 0 Å². The van der Waals surface area contributed by atoms with Gasteiger partial charge in [0.25, 0.3) is 0 Å². The maximum absolute atomic E-state index is 14.4. The maximum Gasteiger partial charge on any atom is 0.407 e. The van der Waals surface area contributed by atoms with Crippen molar-refractivity contribution in [3.05, 3.63) is 29.6 Å². The number of nitrogens with one attached hydrogen (secondary N) is 1. The highest BCUT2D eigenvalue weighted by molar-refractivity contribution is 5.69. The highest BCUT2D eigenvalue weighted by Gasteiger charge is 2.29. The number of nitrogens with zero attached hydrogens (tertiary/aromatic N) is 4. The zero-order valence-electron chi connectivity index (χ0n) is 19.5. The van der Waals surface area contributed by atoms with Crippen molar-refractivity contribution < 1.29 is 18.7 Å². The second-order valence-electron chi connectivity index (χ2n) is 9.21. The van der Waals surface area contributed by atoms with E-state index in [1.54, 1.807) is 18.2 Å². The first-order valence-electron chi connectivity index (χ1n) is 10.7. The molecule has 1 aromatic carbocycles. The minimum absolute atomic E-state index is 0.0288. The predicted octanol–water partition coefficient (Wildman–Crippen LogP) is 3.48. The molecule has 0 unspecified atom stereocenters. The fraction of sp³-hybridized carbons (Fsp3) is 0.478. The van der Waals surface area contributed by atoms with Crippen LogP contribution in [0.3, 0.4) is 0 Å². The van der Waals surface area contributed by atoms with Gasteiger partial charge in [-0.2, -0.15) is 10.2 Å². The van der Waals surface area contributed by atoms with Crippen LogP contribution < -0.4 is 20.7 Å². The van der Waals surface area contributed by atoms with Crippen molar-refractivity contribution in [3.63, 3.8) is 0 Å². The second kappa shape index (κ2) is 9.48. The van der Waals surface area contributed by atoms with Crippen molar-refractivity contribution in [2.24, 2.45) is 5.92 Å². The summed E-state index contributed by atoms with van der Waals surface area (Å²) in [4.78, 5) is 22.9. The van der Waals surface area contributed by atoms with Gasteiger partial charge in [0, 0.05) is 24.7 Å². The first-order valence-corrected chi connectivity index (χ1v) is 10.7. The molecular weight excluding hydrogens is 427 g/mol. The number of nitriles is 1. The first kappa shape index (κ1) is 24.0. The highest BCUT2D eigenvalue weighted by Crippen LogP contribution is 2.31. The molecule has 2 heterocycles. The number of amides is 1. The third-order valence-electron chi connectivity index (χ3n) is 5.12. The van der Waals surface area contributed by atoms with Gasteiger partial charge < -0.3 is 25.4 Å². The molecule has 1 aromatic heterocycles. The van der Waals surface area contributed by atoms with Crippen molar-refractivity contribution in [3.8, 4) is 23.1 Å². The van der Waals surface area contributed by atoms with Gasteiger partial charge >= 0.3 is 6.09 Å². The summed E-state index contributed by atoms with van der Waals surface area (Å²) in [6.07, 6.45) is 0.325. The number of ether oxygens (including phenoxy) is 2. The maximum atomic E-state index is 14.4. The third kappa shape index (κ3) is 6.00. The number of anilines is 2. The minimum atomic E-state index is -0.709. The highest BCUT2D eigenvalue weighted by atomic mass is 19.1. The van der Waals surface area contributed by atoms with E-state index in [4.69, 9.17) is 20.5 Å². The Morgan fingerprint density at radius 1 is 1.30 bits per heavy atom. The van der Waals surface area contributed by atoms with Gasteiger partial charge in [0.1, 0.15) is 34.6 Å². The lowest BCUT2D eigenvalue weighted by molar-refractivity contribution is 0.0495. The van der Waals surface area contributed by atoms with Crippen LogP contribution in [0.25, 0.3) is 11.3 Å². The molecule has 9 nitrogen and oxygen atoms in total. The van der Waals surface area contributed by atoms with Crippen LogP contribution in [0.15, 0.2) is 18.2 Å². The van der Waals surface area contributed by atoms with Gasteiger partial charge in [-0.1, -0.05) is 6.92 Å². The molecule has 3 rings (SSSR count). The van der Waals surface area contributed by atoms with Crippen LogP contribution in [-0.2, 0) is 4.74 Å². The van der Waals surface area contributed by atoms with E-state index >= 15 is 0 Å². The summed E-state index contributed by atoms with van der Waals surface area (Å²) in [7, 11) is 1.37. The number of piperidine rings is 1. The number of methoxy groups -OCH3 is 1. The number of carbonyl (C=O) groups is 1. The molecule has 176 valence electrons. The van der Waals surface area contributed by atoms with Crippen molar-refractivity contribution in [1.29, 1.82) is 5.26 Å². The number of nitrogen functional groups attached to an aromatic ring is 1. The number of nitrogens with two attached hydrogens (primary N) is 1. The van der Waals surface area contributed by atoms with Crippen LogP contribution in [0.2, 0.25) is 0 Å². The molecule has 2 aromatic rings. The largest absolute Gasteiger partial charge is 0.495 e. The Bertz CT molecular complexity index is 1080. The number of carbonyl (C=O) groups excluding carboxylic acids is 1. The molecule has 1 fully saturated rings. The molecule has 0 aliphatic carbocycles. The Labute approximate surface area is 192 Å². The Balaban J connectivity index is 1.88. The fourth-order valence-electron chi connectivity index (χ4n) is 3.88. The molecule has 2 atom stereocenters. The monoisotopic (exact) mass is 456 g/mol. The number of benzene rings is 1. The summed E-state index contributed by atoms with van der Waals surface area (Å²) in [6.45, 7) is 8.73. The smallest absolute Gasteiger partial charge is 0.407 e. The molecule has 1 aliphatic rings. The fourth-order valence-corrected chi connectivity index (χ4v) is 3.88. The van der Waals surface area contributed by atoms with E-state index in [1.165, 1.54) is 13.2 Å². The van der Waals surface area contributed by atoms with Crippen LogP contribution in [0.4, 0.5) is 21.0 Å². The number of hydrogen-bond acceptors (Lipinski definition) is 8. The Morgan fingerprint density at radius 2 is 2.03 bits per heavy atom. The van der Waals surface area contributed by atoms with E-state index < -0.39 is 17.5 Å². The van der Waals surface area contributed by atoms with Crippen molar-refractivity contribution in [2.75, 3.05) is 30.8 Å². The van der Waals surface area contributed by atoms with E-state index in [9.17, 15) is 9.18 Å². The summed E-state index contributed by atoms with van der Waals surface area (Å²) in [5.74, 6) is 0.258. The molecular formula is C23H29FN6O3. The molecule has 0 radical (unpaired) electrons. The van der Waals surface area contributed by atoms with Gasteiger partial charge in [0.2, 0.25) is 5.95 Å². The van der Waals surface area contributed by atoms with E-state index in [1.807, 2.05) is 25.7 Å². The number of rotatable bonds is 4.